The first-order valence-electron chi connectivity index (χ1n) is 20.1. The monoisotopic (exact) mass is 692 g/mol. The summed E-state index contributed by atoms with van der Waals surface area (Å²) in [6, 6.07) is 0. The number of hydrogen-bond acceptors (Lipinski definition) is 8. The Hall–Kier alpha value is -2.35. The van der Waals surface area contributed by atoms with Crippen LogP contribution >= 0.6 is 0 Å². The second kappa shape index (κ2) is 32.8. The zero-order chi connectivity index (χ0) is 35.6. The molecule has 49 heavy (non-hydrogen) atoms. The van der Waals surface area contributed by atoms with E-state index in [-0.39, 0.29) is 38.4 Å². The summed E-state index contributed by atoms with van der Waals surface area (Å²) in [5, 5.41) is 0. The fourth-order valence-electron chi connectivity index (χ4n) is 6.18. The second-order valence-corrected chi connectivity index (χ2v) is 13.8. The molecule has 0 aromatic carbocycles. The highest BCUT2D eigenvalue weighted by Gasteiger charge is 2.19. The van der Waals surface area contributed by atoms with Crippen LogP contribution in [0.4, 0.5) is 4.79 Å². The lowest BCUT2D eigenvalue weighted by Gasteiger charge is -2.21. The molecule has 0 amide bonds. The first-order chi connectivity index (χ1) is 24.0. The van der Waals surface area contributed by atoms with Gasteiger partial charge >= 0.3 is 18.1 Å². The van der Waals surface area contributed by atoms with E-state index in [4.69, 9.17) is 18.9 Å². The van der Waals surface area contributed by atoms with Crippen molar-refractivity contribution in [1.29, 1.82) is 0 Å². The van der Waals surface area contributed by atoms with Gasteiger partial charge in [-0.2, -0.15) is 0 Å². The zero-order valence-electron chi connectivity index (χ0n) is 31.8. The molecule has 0 aromatic rings. The Morgan fingerprint density at radius 3 is 1.84 bits per heavy atom. The van der Waals surface area contributed by atoms with Crippen LogP contribution in [0.1, 0.15) is 162 Å². The van der Waals surface area contributed by atoms with E-state index >= 15 is 0 Å². The summed E-state index contributed by atoms with van der Waals surface area (Å²) in [5.74, 6) is -0.168. The van der Waals surface area contributed by atoms with Gasteiger partial charge in [-0.25, -0.2) is 4.79 Å². The van der Waals surface area contributed by atoms with Crippen molar-refractivity contribution in [2.24, 2.45) is 11.8 Å². The van der Waals surface area contributed by atoms with Gasteiger partial charge in [-0.3, -0.25) is 9.59 Å². The van der Waals surface area contributed by atoms with Crippen LogP contribution in [0.15, 0.2) is 24.3 Å². The number of nitrogens with zero attached hydrogens (tertiary/aromatic N) is 1. The summed E-state index contributed by atoms with van der Waals surface area (Å²) < 4.78 is 21.6. The van der Waals surface area contributed by atoms with Crippen LogP contribution in [0.3, 0.4) is 0 Å². The van der Waals surface area contributed by atoms with Crippen molar-refractivity contribution in [2.75, 3.05) is 46.1 Å². The van der Waals surface area contributed by atoms with E-state index < -0.39 is 12.1 Å². The Balaban J connectivity index is 2.29. The molecule has 0 bridgehead atoms. The van der Waals surface area contributed by atoms with Crippen LogP contribution in [0.5, 0.6) is 0 Å². The molecular weight excluding hydrogens is 618 g/mol. The van der Waals surface area contributed by atoms with Crippen LogP contribution in [-0.2, 0) is 28.5 Å². The van der Waals surface area contributed by atoms with Crippen LogP contribution in [0, 0.1) is 11.8 Å². The van der Waals surface area contributed by atoms with Gasteiger partial charge in [-0.05, 0) is 70.4 Å². The predicted molar refractivity (Wildman–Crippen MR) is 200 cm³/mol. The molecule has 1 atom stereocenters. The van der Waals surface area contributed by atoms with Gasteiger partial charge in [0.2, 0.25) is 0 Å². The third-order valence-corrected chi connectivity index (χ3v) is 9.43. The number of ether oxygens (including phenoxy) is 4. The van der Waals surface area contributed by atoms with E-state index in [9.17, 15) is 14.4 Å². The summed E-state index contributed by atoms with van der Waals surface area (Å²) in [7, 11) is 0. The van der Waals surface area contributed by atoms with Gasteiger partial charge in [0.15, 0.2) is 0 Å². The molecule has 0 heterocycles. The normalized spacial score (nSPS) is 14.4. The van der Waals surface area contributed by atoms with Gasteiger partial charge in [-0.1, -0.05) is 122 Å². The number of allylic oxidation sites excluding steroid dienone is 4. The molecule has 0 spiro atoms. The number of carbonyl (C=O) groups is 3. The minimum atomic E-state index is -0.755. The lowest BCUT2D eigenvalue weighted by atomic mass is 9.86. The van der Waals surface area contributed by atoms with Gasteiger partial charge in [0.05, 0.1) is 12.5 Å². The molecule has 1 aliphatic rings. The lowest BCUT2D eigenvalue weighted by Crippen LogP contribution is -2.27. The molecule has 1 saturated carbocycles. The highest BCUT2D eigenvalue weighted by Crippen LogP contribution is 2.28. The molecule has 0 radical (unpaired) electrons. The third-order valence-electron chi connectivity index (χ3n) is 9.43. The van der Waals surface area contributed by atoms with Gasteiger partial charge in [0, 0.05) is 19.4 Å². The molecule has 284 valence electrons. The van der Waals surface area contributed by atoms with Crippen molar-refractivity contribution in [3.63, 3.8) is 0 Å². The van der Waals surface area contributed by atoms with Gasteiger partial charge in [0.1, 0.15) is 19.8 Å². The molecule has 8 heteroatoms. The number of unbranched alkanes of at least 4 members (excludes halogenated alkanes) is 9. The van der Waals surface area contributed by atoms with Crippen LogP contribution < -0.4 is 0 Å². The lowest BCUT2D eigenvalue weighted by molar-refractivity contribution is -0.150. The second-order valence-electron chi connectivity index (χ2n) is 13.8. The minimum absolute atomic E-state index is 0.0310. The van der Waals surface area contributed by atoms with Gasteiger partial charge < -0.3 is 23.8 Å². The molecule has 1 aliphatic carbocycles. The maximum absolute atomic E-state index is 12.5. The quantitative estimate of drug-likeness (QED) is 0.0307. The maximum Gasteiger partial charge on any atom is 0.508 e. The van der Waals surface area contributed by atoms with E-state index in [1.54, 1.807) is 0 Å². The largest absolute Gasteiger partial charge is 0.508 e. The van der Waals surface area contributed by atoms with Crippen molar-refractivity contribution in [2.45, 2.75) is 162 Å². The fourth-order valence-corrected chi connectivity index (χ4v) is 6.18. The number of hydrogen-bond donors (Lipinski definition) is 0. The first kappa shape index (κ1) is 44.7. The Morgan fingerprint density at radius 1 is 0.633 bits per heavy atom. The SMILES string of the molecule is CCCCC/C=C\C/C=C\CCCCCCCC(=O)OCC(COC(=O)CCCCC1CCCCC1)COC(=O)OCCCN(CC)CC. The number of rotatable bonds is 31. The topological polar surface area (TPSA) is 91.4 Å². The van der Waals surface area contributed by atoms with Crippen molar-refractivity contribution < 1.29 is 33.3 Å². The highest BCUT2D eigenvalue weighted by molar-refractivity contribution is 5.69. The highest BCUT2D eigenvalue weighted by atomic mass is 16.7. The summed E-state index contributed by atoms with van der Waals surface area (Å²) in [4.78, 5) is 39.4. The molecule has 1 fully saturated rings. The van der Waals surface area contributed by atoms with E-state index in [1.165, 1.54) is 70.6 Å². The Labute approximate surface area is 300 Å². The van der Waals surface area contributed by atoms with Gasteiger partial charge in [0.25, 0.3) is 0 Å². The van der Waals surface area contributed by atoms with E-state index in [1.807, 2.05) is 0 Å². The third kappa shape index (κ3) is 28.1. The van der Waals surface area contributed by atoms with E-state index in [2.05, 4.69) is 50.0 Å². The van der Waals surface area contributed by atoms with Gasteiger partial charge in [-0.15, -0.1) is 0 Å². The molecule has 1 unspecified atom stereocenters. The summed E-state index contributed by atoms with van der Waals surface area (Å²) in [6.45, 7) is 9.50. The van der Waals surface area contributed by atoms with Crippen LogP contribution in [0.2, 0.25) is 0 Å². The molecule has 0 saturated heterocycles. The minimum Gasteiger partial charge on any atom is -0.465 e. The molecular formula is C41H73NO7. The predicted octanol–water partition coefficient (Wildman–Crippen LogP) is 10.5. The maximum atomic E-state index is 12.5. The zero-order valence-corrected chi connectivity index (χ0v) is 31.8. The molecule has 1 rings (SSSR count). The number of carbonyl (C=O) groups excluding carboxylic acids is 3. The Bertz CT molecular complexity index is 864. The van der Waals surface area contributed by atoms with Crippen LogP contribution in [-0.4, -0.2) is 69.1 Å². The standard InChI is InChI=1S/C41H73NO7/c1-4-7-8-9-10-11-12-13-14-15-16-17-18-19-23-30-39(43)47-34-38(36-49-41(45)46-33-26-32-42(5-2)6-3)35-48-40(44)31-25-24-29-37-27-21-20-22-28-37/h10-11,13-14,37-38H,4-9,12,15-36H2,1-3H3/b11-10-,14-13-. The molecule has 0 aliphatic heterocycles. The van der Waals surface area contributed by atoms with Crippen molar-refractivity contribution >= 4 is 18.1 Å². The Morgan fingerprint density at radius 2 is 1.20 bits per heavy atom. The fraction of sp³-hybridized carbons (Fsp3) is 0.829. The first-order valence-corrected chi connectivity index (χ1v) is 20.1. The van der Waals surface area contributed by atoms with Crippen molar-refractivity contribution in [3.05, 3.63) is 24.3 Å². The Kier molecular flexibility index (Phi) is 29.9. The van der Waals surface area contributed by atoms with Crippen molar-refractivity contribution in [1.82, 2.24) is 4.90 Å². The number of esters is 2. The molecule has 0 N–H and O–H groups in total. The van der Waals surface area contributed by atoms with E-state index in [0.717, 1.165) is 83.3 Å². The smallest absolute Gasteiger partial charge is 0.465 e. The average molecular weight is 692 g/mol. The molecule has 0 aromatic heterocycles. The van der Waals surface area contributed by atoms with Crippen LogP contribution in [0.25, 0.3) is 0 Å². The van der Waals surface area contributed by atoms with Crippen molar-refractivity contribution in [3.8, 4) is 0 Å². The summed E-state index contributed by atoms with van der Waals surface area (Å²) >= 11 is 0. The summed E-state index contributed by atoms with van der Waals surface area (Å²) in [6.07, 6.45) is 31.9. The molecule has 8 nitrogen and oxygen atoms in total. The summed E-state index contributed by atoms with van der Waals surface area (Å²) in [5.41, 5.74) is 0. The average Bonchev–Trinajstić information content (AvgIpc) is 3.11. The van der Waals surface area contributed by atoms with E-state index in [0.29, 0.717) is 12.8 Å².